The number of nitrogens with one attached hydrogen (secondary N) is 1. The first kappa shape index (κ1) is 22.7. The van der Waals surface area contributed by atoms with Gasteiger partial charge in [0.2, 0.25) is 0 Å². The molecule has 3 rings (SSSR count). The van der Waals surface area contributed by atoms with E-state index >= 15 is 0 Å². The molecule has 0 aliphatic rings. The number of nitrogens with zero attached hydrogens (tertiary/aromatic N) is 3. The molecule has 0 spiro atoms. The summed E-state index contributed by atoms with van der Waals surface area (Å²) in [6.45, 7) is 5.13. The molecule has 0 saturated heterocycles. The first-order valence-corrected chi connectivity index (χ1v) is 10.9. The van der Waals surface area contributed by atoms with Gasteiger partial charge in [-0.3, -0.25) is 9.59 Å². The molecular formula is C25H32N4O2. The molecule has 0 fully saturated rings. The molecule has 31 heavy (non-hydrogen) atoms. The molecule has 0 bridgehead atoms. The molecule has 3 aromatic rings. The maximum absolute atomic E-state index is 13.2. The Morgan fingerprint density at radius 3 is 2.39 bits per heavy atom. The Kier molecular flexibility index (Phi) is 7.58. The zero-order valence-corrected chi connectivity index (χ0v) is 18.9. The second-order valence-corrected chi connectivity index (χ2v) is 8.23. The molecule has 6 nitrogen and oxygen atoms in total. The van der Waals surface area contributed by atoms with Crippen LogP contribution in [0, 0.1) is 6.92 Å². The van der Waals surface area contributed by atoms with Crippen LogP contribution in [0.1, 0.15) is 53.8 Å². The lowest BCUT2D eigenvalue weighted by Crippen LogP contribution is -2.36. The summed E-state index contributed by atoms with van der Waals surface area (Å²) >= 11 is 0. The molecule has 1 atom stereocenters. The van der Waals surface area contributed by atoms with Gasteiger partial charge in [0, 0.05) is 18.5 Å². The number of rotatable bonds is 9. The largest absolute Gasteiger partial charge is 0.349 e. The molecule has 1 N–H and O–H groups in total. The molecule has 1 aromatic heterocycles. The highest BCUT2D eigenvalue weighted by Crippen LogP contribution is 2.19. The van der Waals surface area contributed by atoms with Crippen LogP contribution >= 0.6 is 0 Å². The van der Waals surface area contributed by atoms with Gasteiger partial charge in [-0.2, -0.15) is 5.10 Å². The van der Waals surface area contributed by atoms with Crippen LogP contribution in [-0.4, -0.2) is 41.2 Å². The Balaban J connectivity index is 1.87. The van der Waals surface area contributed by atoms with E-state index in [0.29, 0.717) is 29.6 Å². The molecule has 1 amide bonds. The molecule has 2 aromatic carbocycles. The number of likely N-dealkylation sites (N-methyl/N-ethyl adjacent to an activating group) is 1. The zero-order valence-electron chi connectivity index (χ0n) is 18.9. The van der Waals surface area contributed by atoms with Crippen molar-refractivity contribution in [2.45, 2.75) is 45.7 Å². The summed E-state index contributed by atoms with van der Waals surface area (Å²) in [5, 5.41) is 8.62. The van der Waals surface area contributed by atoms with E-state index in [1.165, 1.54) is 10.2 Å². The van der Waals surface area contributed by atoms with Gasteiger partial charge in [-0.25, -0.2) is 4.68 Å². The molecule has 0 aliphatic carbocycles. The molecule has 1 unspecified atom stereocenters. The van der Waals surface area contributed by atoms with Gasteiger partial charge < -0.3 is 10.2 Å². The SMILES string of the molecule is CCCCCn1nc(C(=O)NCC(c2ccc(C)cc2)N(C)C)c2ccccc2c1=O. The first-order chi connectivity index (χ1) is 14.9. The van der Waals surface area contributed by atoms with Crippen molar-refractivity contribution in [2.75, 3.05) is 20.6 Å². The Bertz CT molecular complexity index is 1090. The second-order valence-electron chi connectivity index (χ2n) is 8.23. The number of benzene rings is 2. The molecule has 1 heterocycles. The van der Waals surface area contributed by atoms with Crippen LogP contribution in [0.5, 0.6) is 0 Å². The highest BCUT2D eigenvalue weighted by atomic mass is 16.2. The topological polar surface area (TPSA) is 67.2 Å². The third kappa shape index (κ3) is 5.39. The zero-order chi connectivity index (χ0) is 22.4. The second kappa shape index (κ2) is 10.4. The summed E-state index contributed by atoms with van der Waals surface area (Å²) < 4.78 is 1.44. The van der Waals surface area contributed by atoms with E-state index < -0.39 is 0 Å². The van der Waals surface area contributed by atoms with Crippen molar-refractivity contribution in [1.29, 1.82) is 0 Å². The maximum Gasteiger partial charge on any atom is 0.274 e. The van der Waals surface area contributed by atoms with Gasteiger partial charge in [0.15, 0.2) is 5.69 Å². The fourth-order valence-electron chi connectivity index (χ4n) is 3.73. The monoisotopic (exact) mass is 420 g/mol. The normalized spacial score (nSPS) is 12.3. The predicted octanol–water partition coefficient (Wildman–Crippen LogP) is 3.93. The fourth-order valence-corrected chi connectivity index (χ4v) is 3.73. The Morgan fingerprint density at radius 2 is 1.74 bits per heavy atom. The standard InChI is InChI=1S/C25H32N4O2/c1-5-6-9-16-29-25(31)21-11-8-7-10-20(21)23(27-29)24(30)26-17-22(28(3)4)19-14-12-18(2)13-15-19/h7-8,10-15,22H,5-6,9,16-17H2,1-4H3,(H,26,30). The minimum absolute atomic E-state index is 0.0336. The average Bonchev–Trinajstić information content (AvgIpc) is 2.76. The van der Waals surface area contributed by atoms with Gasteiger partial charge in [-0.05, 0) is 39.1 Å². The summed E-state index contributed by atoms with van der Waals surface area (Å²) in [4.78, 5) is 28.1. The maximum atomic E-state index is 13.2. The quantitative estimate of drug-likeness (QED) is 0.533. The Labute approximate surface area is 183 Å². The summed E-state index contributed by atoms with van der Waals surface area (Å²) in [6.07, 6.45) is 2.93. The third-order valence-corrected chi connectivity index (χ3v) is 5.60. The van der Waals surface area contributed by atoms with Gasteiger partial charge in [0.1, 0.15) is 0 Å². The van der Waals surface area contributed by atoms with Gasteiger partial charge in [0.25, 0.3) is 11.5 Å². The van der Waals surface area contributed by atoms with Crippen LogP contribution in [0.3, 0.4) is 0 Å². The van der Waals surface area contributed by atoms with Crippen molar-refractivity contribution in [1.82, 2.24) is 20.0 Å². The highest BCUT2D eigenvalue weighted by Gasteiger charge is 2.20. The van der Waals surface area contributed by atoms with E-state index in [4.69, 9.17) is 0 Å². The number of carbonyl (C=O) groups is 1. The fraction of sp³-hybridized carbons (Fsp3) is 0.400. The number of unbranched alkanes of at least 4 members (excludes halogenated alkanes) is 2. The van der Waals surface area contributed by atoms with Crippen molar-refractivity contribution in [2.24, 2.45) is 0 Å². The van der Waals surface area contributed by atoms with Crippen molar-refractivity contribution in [3.05, 3.63) is 75.7 Å². The van der Waals surface area contributed by atoms with Gasteiger partial charge in [-0.1, -0.05) is 67.8 Å². The van der Waals surface area contributed by atoms with E-state index in [9.17, 15) is 9.59 Å². The van der Waals surface area contributed by atoms with Crippen molar-refractivity contribution >= 4 is 16.7 Å². The van der Waals surface area contributed by atoms with Crippen molar-refractivity contribution in [3.63, 3.8) is 0 Å². The first-order valence-electron chi connectivity index (χ1n) is 10.9. The van der Waals surface area contributed by atoms with E-state index in [0.717, 1.165) is 24.8 Å². The van der Waals surface area contributed by atoms with E-state index in [1.54, 1.807) is 12.1 Å². The summed E-state index contributed by atoms with van der Waals surface area (Å²) in [5.41, 5.74) is 2.49. The van der Waals surface area contributed by atoms with Gasteiger partial charge >= 0.3 is 0 Å². The van der Waals surface area contributed by atoms with E-state index in [1.807, 2.05) is 26.2 Å². The van der Waals surface area contributed by atoms with Crippen LogP contribution in [0.15, 0.2) is 53.3 Å². The number of amides is 1. The number of aromatic nitrogens is 2. The number of carbonyl (C=O) groups excluding carboxylic acids is 1. The predicted molar refractivity (Wildman–Crippen MR) is 125 cm³/mol. The highest BCUT2D eigenvalue weighted by molar-refractivity contribution is 6.04. The van der Waals surface area contributed by atoms with Crippen LogP contribution < -0.4 is 10.9 Å². The minimum atomic E-state index is -0.264. The lowest BCUT2D eigenvalue weighted by atomic mass is 10.0. The number of hydrogen-bond acceptors (Lipinski definition) is 4. The average molecular weight is 421 g/mol. The van der Waals surface area contributed by atoms with Crippen LogP contribution in [-0.2, 0) is 6.54 Å². The summed E-state index contributed by atoms with van der Waals surface area (Å²) in [5.74, 6) is -0.264. The van der Waals surface area contributed by atoms with Gasteiger partial charge in [-0.15, -0.1) is 0 Å². The van der Waals surface area contributed by atoms with E-state index in [-0.39, 0.29) is 17.5 Å². The smallest absolute Gasteiger partial charge is 0.274 e. The number of aryl methyl sites for hydroxylation is 2. The van der Waals surface area contributed by atoms with Crippen LogP contribution in [0.4, 0.5) is 0 Å². The lowest BCUT2D eigenvalue weighted by Gasteiger charge is -2.25. The van der Waals surface area contributed by atoms with Crippen molar-refractivity contribution < 1.29 is 4.79 Å². The van der Waals surface area contributed by atoms with Gasteiger partial charge in [0.05, 0.1) is 11.4 Å². The molecule has 164 valence electrons. The Morgan fingerprint density at radius 1 is 1.06 bits per heavy atom. The molecule has 0 aliphatic heterocycles. The van der Waals surface area contributed by atoms with Crippen LogP contribution in [0.25, 0.3) is 10.8 Å². The summed E-state index contributed by atoms with van der Waals surface area (Å²) in [7, 11) is 4.00. The number of hydrogen-bond donors (Lipinski definition) is 1. The molecule has 6 heteroatoms. The molecule has 0 radical (unpaired) electrons. The Hall–Kier alpha value is -2.99. The minimum Gasteiger partial charge on any atom is -0.349 e. The lowest BCUT2D eigenvalue weighted by molar-refractivity contribution is 0.0936. The number of fused-ring (bicyclic) bond motifs is 1. The van der Waals surface area contributed by atoms with Crippen molar-refractivity contribution in [3.8, 4) is 0 Å². The summed E-state index contributed by atoms with van der Waals surface area (Å²) in [6, 6.07) is 15.6. The van der Waals surface area contributed by atoms with E-state index in [2.05, 4.69) is 53.4 Å². The molecular weight excluding hydrogens is 388 g/mol. The van der Waals surface area contributed by atoms with Crippen LogP contribution in [0.2, 0.25) is 0 Å². The molecule has 0 saturated carbocycles. The third-order valence-electron chi connectivity index (χ3n) is 5.60.